The van der Waals surface area contributed by atoms with E-state index < -0.39 is 32.5 Å². The Morgan fingerprint density at radius 1 is 0.923 bits per heavy atom. The molecule has 0 aromatic carbocycles. The lowest BCUT2D eigenvalue weighted by atomic mass is 10.1. The van der Waals surface area contributed by atoms with Crippen LogP contribution in [-0.2, 0) is 28.2 Å². The summed E-state index contributed by atoms with van der Waals surface area (Å²) >= 11 is 0. The smallest absolute Gasteiger partial charge is 0.462 e. The van der Waals surface area contributed by atoms with Crippen LogP contribution in [0.1, 0.15) is 78.1 Å². The van der Waals surface area contributed by atoms with E-state index in [1.807, 2.05) is 0 Å². The number of esters is 2. The number of unbranched alkanes of at least 4 members (excludes halogenated alkanes) is 8. The van der Waals surface area contributed by atoms with Crippen molar-refractivity contribution >= 4 is 19.8 Å². The monoisotopic (exact) mass is 396 g/mol. The second-order valence-corrected chi connectivity index (χ2v) is 7.52. The highest BCUT2D eigenvalue weighted by Gasteiger charge is 2.21. The third-order valence-corrected chi connectivity index (χ3v) is 4.16. The summed E-state index contributed by atoms with van der Waals surface area (Å²) in [5.74, 6) is -1.08. The lowest BCUT2D eigenvalue weighted by Crippen LogP contribution is -2.28. The zero-order valence-corrected chi connectivity index (χ0v) is 16.7. The zero-order chi connectivity index (χ0) is 19.8. The van der Waals surface area contributed by atoms with Gasteiger partial charge in [-0.25, -0.2) is 4.57 Å². The topological polar surface area (TPSA) is 119 Å². The number of phosphoric acid groups is 1. The van der Waals surface area contributed by atoms with Gasteiger partial charge in [0.2, 0.25) is 0 Å². The second-order valence-electron chi connectivity index (χ2n) is 6.28. The van der Waals surface area contributed by atoms with Crippen molar-refractivity contribution < 1.29 is 37.9 Å². The van der Waals surface area contributed by atoms with Crippen molar-refractivity contribution in [3.05, 3.63) is 0 Å². The number of ether oxygens (including phenoxy) is 2. The number of hydrogen-bond donors (Lipinski definition) is 2. The second kappa shape index (κ2) is 15.1. The molecule has 0 aliphatic heterocycles. The molecule has 26 heavy (non-hydrogen) atoms. The van der Waals surface area contributed by atoms with E-state index in [0.717, 1.165) is 26.2 Å². The van der Waals surface area contributed by atoms with Gasteiger partial charge in [0.1, 0.15) is 6.61 Å². The van der Waals surface area contributed by atoms with Gasteiger partial charge in [-0.15, -0.1) is 0 Å². The molecule has 1 atom stereocenters. The van der Waals surface area contributed by atoms with Crippen molar-refractivity contribution in [2.24, 2.45) is 0 Å². The van der Waals surface area contributed by atoms with E-state index in [-0.39, 0.29) is 13.0 Å². The fourth-order valence-corrected chi connectivity index (χ4v) is 2.73. The largest absolute Gasteiger partial charge is 0.469 e. The van der Waals surface area contributed by atoms with Crippen LogP contribution in [0.4, 0.5) is 0 Å². The molecule has 0 bridgehead atoms. The molecule has 0 aromatic rings. The molecule has 0 spiro atoms. The van der Waals surface area contributed by atoms with Gasteiger partial charge >= 0.3 is 19.8 Å². The Balaban J connectivity index is 3.81. The first kappa shape index (κ1) is 25.1. The SMILES string of the molecule is CCCCCCCCCCCC(=O)OC[C@H](COP(=O)(O)O)OC(C)=O. The van der Waals surface area contributed by atoms with Crippen molar-refractivity contribution in [1.82, 2.24) is 0 Å². The standard InChI is InChI=1S/C17H33O8P/c1-3-4-5-6-7-8-9-10-11-12-17(19)23-13-16(25-15(2)18)14-24-26(20,21)22/h16H,3-14H2,1-2H3,(H2,20,21,22)/t16-/m1/s1. The van der Waals surface area contributed by atoms with E-state index in [9.17, 15) is 14.2 Å². The van der Waals surface area contributed by atoms with E-state index in [1.54, 1.807) is 0 Å². The Kier molecular flexibility index (Phi) is 14.6. The maximum atomic E-state index is 11.7. The zero-order valence-electron chi connectivity index (χ0n) is 15.9. The predicted molar refractivity (Wildman–Crippen MR) is 96.4 cm³/mol. The minimum atomic E-state index is -4.68. The van der Waals surface area contributed by atoms with Crippen molar-refractivity contribution in [2.45, 2.75) is 84.2 Å². The van der Waals surface area contributed by atoms with Crippen molar-refractivity contribution in [3.63, 3.8) is 0 Å². The Labute approximate surface area is 155 Å². The molecule has 9 heteroatoms. The molecule has 0 radical (unpaired) electrons. The van der Waals surface area contributed by atoms with E-state index in [2.05, 4.69) is 11.4 Å². The molecule has 8 nitrogen and oxygen atoms in total. The van der Waals surface area contributed by atoms with Crippen LogP contribution in [0.2, 0.25) is 0 Å². The average molecular weight is 396 g/mol. The molecule has 0 saturated carbocycles. The predicted octanol–water partition coefficient (Wildman–Crippen LogP) is 3.49. The summed E-state index contributed by atoms with van der Waals surface area (Å²) in [4.78, 5) is 40.0. The van der Waals surface area contributed by atoms with Gasteiger partial charge in [0.15, 0.2) is 6.10 Å². The van der Waals surface area contributed by atoms with Crippen LogP contribution < -0.4 is 0 Å². The van der Waals surface area contributed by atoms with Gasteiger partial charge in [-0.05, 0) is 6.42 Å². The van der Waals surface area contributed by atoms with E-state index in [4.69, 9.17) is 19.3 Å². The Morgan fingerprint density at radius 3 is 1.96 bits per heavy atom. The van der Waals surface area contributed by atoms with Gasteiger partial charge in [0.25, 0.3) is 0 Å². The van der Waals surface area contributed by atoms with Gasteiger partial charge in [0, 0.05) is 13.3 Å². The first-order chi connectivity index (χ1) is 12.2. The molecule has 0 saturated heterocycles. The normalized spacial score (nSPS) is 12.6. The summed E-state index contributed by atoms with van der Waals surface area (Å²) < 4.78 is 24.8. The van der Waals surface area contributed by atoms with Crippen molar-refractivity contribution in [1.29, 1.82) is 0 Å². The first-order valence-electron chi connectivity index (χ1n) is 9.27. The van der Waals surface area contributed by atoms with E-state index >= 15 is 0 Å². The summed E-state index contributed by atoms with van der Waals surface area (Å²) in [6.07, 6.45) is 9.48. The molecule has 0 heterocycles. The summed E-state index contributed by atoms with van der Waals surface area (Å²) in [5.41, 5.74) is 0. The third-order valence-electron chi connectivity index (χ3n) is 3.68. The molecular weight excluding hydrogens is 363 g/mol. The Bertz CT molecular complexity index is 434. The van der Waals surface area contributed by atoms with Gasteiger partial charge in [0.05, 0.1) is 6.61 Å². The number of phosphoric ester groups is 1. The summed E-state index contributed by atoms with van der Waals surface area (Å²) in [5, 5.41) is 0. The highest BCUT2D eigenvalue weighted by Crippen LogP contribution is 2.35. The van der Waals surface area contributed by atoms with E-state index in [0.29, 0.717) is 0 Å². The third kappa shape index (κ3) is 17.9. The van der Waals surface area contributed by atoms with Crippen LogP contribution in [0.5, 0.6) is 0 Å². The van der Waals surface area contributed by atoms with Crippen LogP contribution in [0, 0.1) is 0 Å². The average Bonchev–Trinajstić information content (AvgIpc) is 2.54. The molecule has 0 rings (SSSR count). The maximum Gasteiger partial charge on any atom is 0.469 e. The molecule has 0 aromatic heterocycles. The van der Waals surface area contributed by atoms with Crippen molar-refractivity contribution in [3.8, 4) is 0 Å². The maximum absolute atomic E-state index is 11.7. The van der Waals surface area contributed by atoms with Gasteiger partial charge in [-0.2, -0.15) is 0 Å². The van der Waals surface area contributed by atoms with E-state index in [1.165, 1.54) is 38.5 Å². The molecule has 0 unspecified atom stereocenters. The summed E-state index contributed by atoms with van der Waals surface area (Å²) in [6.45, 7) is 2.50. The van der Waals surface area contributed by atoms with Gasteiger partial charge in [-0.1, -0.05) is 58.3 Å². The van der Waals surface area contributed by atoms with Crippen LogP contribution in [0.3, 0.4) is 0 Å². The first-order valence-corrected chi connectivity index (χ1v) is 10.8. The highest BCUT2D eigenvalue weighted by molar-refractivity contribution is 7.46. The van der Waals surface area contributed by atoms with Crippen LogP contribution in [0.25, 0.3) is 0 Å². The van der Waals surface area contributed by atoms with Crippen LogP contribution >= 0.6 is 7.82 Å². The quantitative estimate of drug-likeness (QED) is 0.231. The minimum absolute atomic E-state index is 0.266. The fraction of sp³-hybridized carbons (Fsp3) is 0.882. The Hall–Kier alpha value is -0.950. The lowest BCUT2D eigenvalue weighted by molar-refractivity contribution is -0.159. The van der Waals surface area contributed by atoms with Crippen molar-refractivity contribution in [2.75, 3.05) is 13.2 Å². The van der Waals surface area contributed by atoms with Gasteiger partial charge in [-0.3, -0.25) is 14.1 Å². The summed E-state index contributed by atoms with van der Waals surface area (Å²) in [6, 6.07) is 0. The molecular formula is C17H33O8P. The molecule has 0 aliphatic carbocycles. The summed E-state index contributed by atoms with van der Waals surface area (Å²) in [7, 11) is -4.68. The number of carbonyl (C=O) groups excluding carboxylic acids is 2. The molecule has 154 valence electrons. The van der Waals surface area contributed by atoms with Crippen LogP contribution in [0.15, 0.2) is 0 Å². The number of rotatable bonds is 16. The highest BCUT2D eigenvalue weighted by atomic mass is 31.2. The molecule has 0 amide bonds. The molecule has 0 fully saturated rings. The molecule has 0 aliphatic rings. The van der Waals surface area contributed by atoms with Gasteiger partial charge < -0.3 is 19.3 Å². The minimum Gasteiger partial charge on any atom is -0.462 e. The van der Waals surface area contributed by atoms with Crippen LogP contribution in [-0.4, -0.2) is 41.0 Å². The Morgan fingerprint density at radius 2 is 1.46 bits per heavy atom. The number of hydrogen-bond acceptors (Lipinski definition) is 6. The number of carbonyl (C=O) groups is 2. The fourth-order valence-electron chi connectivity index (χ4n) is 2.37. The molecule has 2 N–H and O–H groups in total. The lowest BCUT2D eigenvalue weighted by Gasteiger charge is -2.17.